The molecule has 0 bridgehead atoms. The monoisotopic (exact) mass is 460 g/mol. The van der Waals surface area contributed by atoms with Crippen molar-refractivity contribution in [2.75, 3.05) is 20.1 Å². The molecule has 1 saturated carbocycles. The Bertz CT molecular complexity index is 1240. The van der Waals surface area contributed by atoms with Gasteiger partial charge in [0.05, 0.1) is 11.5 Å². The van der Waals surface area contributed by atoms with E-state index in [0.717, 1.165) is 12.1 Å². The fourth-order valence-electron chi connectivity index (χ4n) is 4.38. The first-order valence-electron chi connectivity index (χ1n) is 10.4. The van der Waals surface area contributed by atoms with Gasteiger partial charge in [-0.2, -0.15) is 0 Å². The Balaban J connectivity index is 1.73. The molecule has 1 spiro atoms. The van der Waals surface area contributed by atoms with E-state index in [4.69, 9.17) is 0 Å². The molecule has 1 aromatic carbocycles. The minimum atomic E-state index is -1.06. The van der Waals surface area contributed by atoms with Gasteiger partial charge in [0.25, 0.3) is 11.8 Å². The van der Waals surface area contributed by atoms with Gasteiger partial charge in [0.1, 0.15) is 17.2 Å². The lowest BCUT2D eigenvalue weighted by Crippen LogP contribution is -2.50. The van der Waals surface area contributed by atoms with Gasteiger partial charge in [0.2, 0.25) is 11.3 Å². The maximum atomic E-state index is 13.9. The number of rotatable bonds is 5. The van der Waals surface area contributed by atoms with Crippen LogP contribution in [0.5, 0.6) is 5.75 Å². The van der Waals surface area contributed by atoms with Crippen LogP contribution in [0.3, 0.4) is 0 Å². The Morgan fingerprint density at radius 2 is 2.00 bits per heavy atom. The number of aromatic nitrogens is 1. The van der Waals surface area contributed by atoms with Crippen molar-refractivity contribution in [1.82, 2.24) is 20.1 Å². The molecule has 33 heavy (non-hydrogen) atoms. The maximum Gasteiger partial charge on any atom is 0.274 e. The molecule has 0 unspecified atom stereocenters. The maximum absolute atomic E-state index is 13.9. The number of fused-ring (bicyclic) bond motifs is 2. The highest BCUT2D eigenvalue weighted by molar-refractivity contribution is 6.00. The summed E-state index contributed by atoms with van der Waals surface area (Å²) in [5, 5.41) is 15.5. The second-order valence-electron chi connectivity index (χ2n) is 8.15. The molecule has 1 aliphatic carbocycles. The van der Waals surface area contributed by atoms with Gasteiger partial charge in [-0.25, -0.2) is 8.78 Å². The van der Waals surface area contributed by atoms with Crippen molar-refractivity contribution in [1.29, 1.82) is 0 Å². The molecule has 3 amide bonds. The number of benzene rings is 1. The number of hydrogen-bond donors (Lipinski definition) is 3. The number of halogens is 2. The van der Waals surface area contributed by atoms with Gasteiger partial charge in [-0.15, -0.1) is 0 Å². The second-order valence-corrected chi connectivity index (χ2v) is 8.15. The van der Waals surface area contributed by atoms with Crippen molar-refractivity contribution >= 4 is 17.7 Å². The Kier molecular flexibility index (Phi) is 5.43. The zero-order valence-electron chi connectivity index (χ0n) is 17.9. The van der Waals surface area contributed by atoms with Crippen LogP contribution in [0.2, 0.25) is 0 Å². The summed E-state index contributed by atoms with van der Waals surface area (Å²) in [5.74, 6) is -4.80. The van der Waals surface area contributed by atoms with E-state index in [9.17, 15) is 33.1 Å². The number of aromatic hydroxyl groups is 1. The summed E-state index contributed by atoms with van der Waals surface area (Å²) in [6, 6.07) is 2.86. The van der Waals surface area contributed by atoms with Crippen molar-refractivity contribution in [3.8, 4) is 5.75 Å². The molecule has 1 fully saturated rings. The average molecular weight is 460 g/mol. The molecule has 2 heterocycles. The zero-order chi connectivity index (χ0) is 24.1. The van der Waals surface area contributed by atoms with Crippen molar-refractivity contribution in [3.63, 3.8) is 0 Å². The van der Waals surface area contributed by atoms with Crippen molar-refractivity contribution in [3.05, 3.63) is 63.1 Å². The van der Waals surface area contributed by atoms with Gasteiger partial charge in [-0.05, 0) is 19.4 Å². The smallest absolute Gasteiger partial charge is 0.274 e. The summed E-state index contributed by atoms with van der Waals surface area (Å²) in [6.45, 7) is 1.89. The molecule has 2 aliphatic rings. The van der Waals surface area contributed by atoms with Crippen LogP contribution in [0.4, 0.5) is 8.78 Å². The van der Waals surface area contributed by atoms with Gasteiger partial charge >= 0.3 is 0 Å². The molecule has 4 rings (SSSR count). The molecule has 1 aromatic heterocycles. The van der Waals surface area contributed by atoms with Crippen LogP contribution in [-0.4, -0.2) is 52.4 Å². The number of nitrogens with zero attached hydrogens (tertiary/aromatic N) is 2. The predicted octanol–water partition coefficient (Wildman–Crippen LogP) is 0.699. The van der Waals surface area contributed by atoms with Crippen LogP contribution in [0.15, 0.2) is 29.2 Å². The lowest BCUT2D eigenvalue weighted by Gasteiger charge is -2.37. The van der Waals surface area contributed by atoms with Crippen LogP contribution in [-0.2, 0) is 16.9 Å². The topological polar surface area (TPSA) is 121 Å². The molecule has 0 radical (unpaired) electrons. The molecule has 2 aromatic rings. The number of pyridine rings is 1. The second kappa shape index (κ2) is 7.98. The molecular weight excluding hydrogens is 438 g/mol. The molecule has 2 atom stereocenters. The zero-order valence-corrected chi connectivity index (χ0v) is 17.9. The first-order chi connectivity index (χ1) is 15.6. The number of carbonyl (C=O) groups is 3. The molecule has 9 nitrogen and oxygen atoms in total. The molecule has 1 aliphatic heterocycles. The standard InChI is InChI=1S/C22H22F2N4O5/c1-3-27-10-22(7-14(22)20(32)25-2)28-9-13(17(29)18(30)16(28)21(27)33)19(31)26-8-11-4-5-12(23)6-15(11)24/h4-6,9,14,30H,3,7-8,10H2,1-2H3,(H,25,32)(H,26,31)/t14-,22-/m1/s1. The summed E-state index contributed by atoms with van der Waals surface area (Å²) in [6.07, 6.45) is 1.52. The SMILES string of the molecule is CCN1C[C@@]2(C[C@@H]2C(=O)NC)n2cc(C(=O)NCc3ccc(F)cc3F)c(=O)c(O)c2C1=O. The van der Waals surface area contributed by atoms with Gasteiger partial charge in [0, 0.05) is 44.5 Å². The summed E-state index contributed by atoms with van der Waals surface area (Å²) in [4.78, 5) is 52.1. The van der Waals surface area contributed by atoms with E-state index < -0.39 is 51.6 Å². The molecular formula is C22H22F2N4O5. The number of carbonyl (C=O) groups excluding carboxylic acids is 3. The van der Waals surface area contributed by atoms with E-state index in [1.807, 2.05) is 0 Å². The first-order valence-corrected chi connectivity index (χ1v) is 10.4. The highest BCUT2D eigenvalue weighted by Crippen LogP contribution is 2.54. The number of hydrogen-bond acceptors (Lipinski definition) is 5. The van der Waals surface area contributed by atoms with Gasteiger partial charge < -0.3 is 25.2 Å². The van der Waals surface area contributed by atoms with Gasteiger partial charge in [-0.3, -0.25) is 19.2 Å². The normalized spacial score (nSPS) is 21.0. The summed E-state index contributed by atoms with van der Waals surface area (Å²) in [7, 11) is 1.48. The van der Waals surface area contributed by atoms with E-state index in [1.165, 1.54) is 22.7 Å². The number of nitrogens with one attached hydrogen (secondary N) is 2. The van der Waals surface area contributed by atoms with Crippen LogP contribution >= 0.6 is 0 Å². The Morgan fingerprint density at radius 3 is 2.64 bits per heavy atom. The van der Waals surface area contributed by atoms with E-state index in [0.29, 0.717) is 19.0 Å². The first kappa shape index (κ1) is 22.4. The van der Waals surface area contributed by atoms with Crippen LogP contribution in [0.1, 0.15) is 39.8 Å². The molecule has 3 N–H and O–H groups in total. The minimum absolute atomic E-state index is 0.000793. The van der Waals surface area contributed by atoms with Crippen molar-refractivity contribution < 1.29 is 28.3 Å². The Labute approximate surface area is 187 Å². The fourth-order valence-corrected chi connectivity index (χ4v) is 4.38. The molecule has 0 saturated heterocycles. The summed E-state index contributed by atoms with van der Waals surface area (Å²) in [5.41, 5.74) is -2.70. The third kappa shape index (κ3) is 3.53. The quantitative estimate of drug-likeness (QED) is 0.607. The Morgan fingerprint density at radius 1 is 1.27 bits per heavy atom. The average Bonchev–Trinajstić information content (AvgIpc) is 3.51. The van der Waals surface area contributed by atoms with Gasteiger partial charge in [-0.1, -0.05) is 6.07 Å². The van der Waals surface area contributed by atoms with Gasteiger partial charge in [0.15, 0.2) is 11.4 Å². The van der Waals surface area contributed by atoms with Crippen molar-refractivity contribution in [2.45, 2.75) is 25.4 Å². The Hall–Kier alpha value is -3.76. The van der Waals surface area contributed by atoms with E-state index in [-0.39, 0.29) is 30.3 Å². The molecule has 174 valence electrons. The fraction of sp³-hybridized carbons (Fsp3) is 0.364. The van der Waals surface area contributed by atoms with E-state index in [2.05, 4.69) is 10.6 Å². The number of amides is 3. The largest absolute Gasteiger partial charge is 0.503 e. The van der Waals surface area contributed by atoms with Crippen LogP contribution < -0.4 is 16.1 Å². The van der Waals surface area contributed by atoms with Crippen molar-refractivity contribution in [2.24, 2.45) is 5.92 Å². The third-order valence-corrected chi connectivity index (χ3v) is 6.31. The summed E-state index contributed by atoms with van der Waals surface area (Å²) >= 11 is 0. The summed E-state index contributed by atoms with van der Waals surface area (Å²) < 4.78 is 28.3. The van der Waals surface area contributed by atoms with Crippen LogP contribution in [0, 0.1) is 17.6 Å². The highest BCUT2D eigenvalue weighted by atomic mass is 19.1. The molecule has 11 heteroatoms. The predicted molar refractivity (Wildman–Crippen MR) is 112 cm³/mol. The highest BCUT2D eigenvalue weighted by Gasteiger charge is 2.63. The van der Waals surface area contributed by atoms with E-state index in [1.54, 1.807) is 6.92 Å². The minimum Gasteiger partial charge on any atom is -0.503 e. The van der Waals surface area contributed by atoms with Crippen LogP contribution in [0.25, 0.3) is 0 Å². The lowest BCUT2D eigenvalue weighted by atomic mass is 10.0. The van der Waals surface area contributed by atoms with E-state index >= 15 is 0 Å². The third-order valence-electron chi connectivity index (χ3n) is 6.31. The lowest BCUT2D eigenvalue weighted by molar-refractivity contribution is -0.122. The number of likely N-dealkylation sites (N-methyl/N-ethyl adjacent to an activating group) is 1.